The first-order valence-corrected chi connectivity index (χ1v) is 7.53. The van der Waals surface area contributed by atoms with E-state index in [2.05, 4.69) is 26.1 Å². The van der Waals surface area contributed by atoms with Crippen molar-refractivity contribution in [2.75, 3.05) is 13.7 Å². The highest BCUT2D eigenvalue weighted by Gasteiger charge is 2.04. The number of unbranched alkanes of at least 4 members (excludes halogenated alkanes) is 3. The molecule has 0 heterocycles. The minimum atomic E-state index is 0.446. The van der Waals surface area contributed by atoms with Crippen molar-refractivity contribution < 1.29 is 4.74 Å². The molecule has 0 aliphatic carbocycles. The van der Waals surface area contributed by atoms with Crippen molar-refractivity contribution >= 4 is 0 Å². The third-order valence-electron chi connectivity index (χ3n) is 3.46. The van der Waals surface area contributed by atoms with Gasteiger partial charge >= 0.3 is 0 Å². The average Bonchev–Trinajstić information content (AvgIpc) is 2.35. The van der Waals surface area contributed by atoms with Crippen molar-refractivity contribution in [1.82, 2.24) is 5.32 Å². The largest absolute Gasteiger partial charge is 0.379 e. The van der Waals surface area contributed by atoms with Crippen molar-refractivity contribution in [2.45, 2.75) is 84.3 Å². The number of nitrogens with one attached hydrogen (secondary N) is 1. The summed E-state index contributed by atoms with van der Waals surface area (Å²) in [6.07, 6.45) is 10.7. The summed E-state index contributed by atoms with van der Waals surface area (Å²) in [6, 6.07) is 0.665. The first kappa shape index (κ1) is 16.9. The second-order valence-corrected chi connectivity index (χ2v) is 5.07. The lowest BCUT2D eigenvalue weighted by Crippen LogP contribution is -2.24. The van der Waals surface area contributed by atoms with E-state index in [0.717, 1.165) is 6.61 Å². The Kier molecular flexibility index (Phi) is 12.3. The van der Waals surface area contributed by atoms with Gasteiger partial charge in [-0.15, -0.1) is 0 Å². The quantitative estimate of drug-likeness (QED) is 0.520. The predicted octanol–water partition coefficient (Wildman–Crippen LogP) is 4.14. The Morgan fingerprint density at radius 2 is 1.76 bits per heavy atom. The van der Waals surface area contributed by atoms with Gasteiger partial charge in [0.1, 0.15) is 0 Å². The highest BCUT2D eigenvalue weighted by Crippen LogP contribution is 2.09. The summed E-state index contributed by atoms with van der Waals surface area (Å²) in [6.45, 7) is 7.62. The molecule has 0 fully saturated rings. The minimum absolute atomic E-state index is 0.446. The monoisotopic (exact) mass is 243 g/mol. The van der Waals surface area contributed by atoms with Crippen LogP contribution < -0.4 is 5.32 Å². The van der Waals surface area contributed by atoms with Gasteiger partial charge in [0.15, 0.2) is 0 Å². The van der Waals surface area contributed by atoms with Crippen molar-refractivity contribution in [1.29, 1.82) is 0 Å². The molecule has 0 aliphatic heterocycles. The van der Waals surface area contributed by atoms with Gasteiger partial charge in [0.25, 0.3) is 0 Å². The van der Waals surface area contributed by atoms with Crippen LogP contribution in [0.3, 0.4) is 0 Å². The molecule has 0 saturated carbocycles. The summed E-state index contributed by atoms with van der Waals surface area (Å²) in [5, 5.41) is 3.33. The highest BCUT2D eigenvalue weighted by molar-refractivity contribution is 4.61. The van der Waals surface area contributed by atoms with Gasteiger partial charge in [-0.25, -0.2) is 0 Å². The summed E-state index contributed by atoms with van der Waals surface area (Å²) in [5.74, 6) is 0. The van der Waals surface area contributed by atoms with E-state index in [1.807, 2.05) is 7.05 Å². The van der Waals surface area contributed by atoms with Crippen LogP contribution in [-0.2, 0) is 4.74 Å². The van der Waals surface area contributed by atoms with Crippen LogP contribution >= 0.6 is 0 Å². The van der Waals surface area contributed by atoms with E-state index in [4.69, 9.17) is 4.74 Å². The molecule has 0 amide bonds. The molecule has 2 unspecified atom stereocenters. The summed E-state index contributed by atoms with van der Waals surface area (Å²) >= 11 is 0. The van der Waals surface area contributed by atoms with E-state index in [0.29, 0.717) is 12.1 Å². The molecule has 1 N–H and O–H groups in total. The summed E-state index contributed by atoms with van der Waals surface area (Å²) in [5.41, 5.74) is 0. The van der Waals surface area contributed by atoms with Crippen LogP contribution in [0.5, 0.6) is 0 Å². The topological polar surface area (TPSA) is 21.3 Å². The molecule has 0 saturated heterocycles. The number of hydrogen-bond donors (Lipinski definition) is 1. The van der Waals surface area contributed by atoms with Gasteiger partial charge in [-0.2, -0.15) is 0 Å². The second-order valence-electron chi connectivity index (χ2n) is 5.07. The fourth-order valence-corrected chi connectivity index (χ4v) is 2.11. The lowest BCUT2D eigenvalue weighted by molar-refractivity contribution is 0.0548. The molecule has 0 aliphatic rings. The normalized spacial score (nSPS) is 14.8. The molecule has 2 atom stereocenters. The third kappa shape index (κ3) is 10.8. The second kappa shape index (κ2) is 12.4. The van der Waals surface area contributed by atoms with Crippen molar-refractivity contribution in [3.05, 3.63) is 0 Å². The van der Waals surface area contributed by atoms with Crippen LogP contribution in [0.15, 0.2) is 0 Å². The van der Waals surface area contributed by atoms with Gasteiger partial charge in [-0.1, -0.05) is 39.5 Å². The highest BCUT2D eigenvalue weighted by atomic mass is 16.5. The van der Waals surface area contributed by atoms with Crippen molar-refractivity contribution in [2.24, 2.45) is 0 Å². The van der Waals surface area contributed by atoms with Crippen LogP contribution in [0.2, 0.25) is 0 Å². The molecule has 0 rings (SSSR count). The molecule has 2 heteroatoms. The first-order chi connectivity index (χ1) is 8.24. The predicted molar refractivity (Wildman–Crippen MR) is 76.5 cm³/mol. The van der Waals surface area contributed by atoms with E-state index < -0.39 is 0 Å². The number of ether oxygens (including phenoxy) is 1. The van der Waals surface area contributed by atoms with E-state index in [1.54, 1.807) is 0 Å². The molecule has 2 nitrogen and oxygen atoms in total. The Morgan fingerprint density at radius 1 is 1.00 bits per heavy atom. The third-order valence-corrected chi connectivity index (χ3v) is 3.46. The number of hydrogen-bond acceptors (Lipinski definition) is 2. The van der Waals surface area contributed by atoms with Crippen LogP contribution in [0.4, 0.5) is 0 Å². The molecule has 104 valence electrons. The molecule has 17 heavy (non-hydrogen) atoms. The molecule has 0 aromatic carbocycles. The Morgan fingerprint density at radius 3 is 2.35 bits per heavy atom. The lowest BCUT2D eigenvalue weighted by atomic mass is 10.1. The van der Waals surface area contributed by atoms with Gasteiger partial charge in [-0.05, 0) is 39.7 Å². The van der Waals surface area contributed by atoms with Crippen molar-refractivity contribution in [3.8, 4) is 0 Å². The molecular formula is C15H33NO. The number of rotatable bonds is 12. The molecular weight excluding hydrogens is 210 g/mol. The maximum Gasteiger partial charge on any atom is 0.0547 e. The maximum atomic E-state index is 5.83. The zero-order valence-corrected chi connectivity index (χ0v) is 12.4. The average molecular weight is 243 g/mol. The van der Waals surface area contributed by atoms with Crippen molar-refractivity contribution in [3.63, 3.8) is 0 Å². The van der Waals surface area contributed by atoms with E-state index >= 15 is 0 Å². The zero-order chi connectivity index (χ0) is 12.9. The molecule has 0 radical (unpaired) electrons. The molecule has 0 bridgehead atoms. The SMILES string of the molecule is CCCCCCC(C)OCCCC(CC)NC. The summed E-state index contributed by atoms with van der Waals surface area (Å²) < 4.78 is 5.83. The van der Waals surface area contributed by atoms with E-state index in [1.165, 1.54) is 51.4 Å². The Bertz CT molecular complexity index is 146. The standard InChI is InChI=1S/C15H33NO/c1-5-7-8-9-11-14(3)17-13-10-12-15(6-2)16-4/h14-16H,5-13H2,1-4H3. The van der Waals surface area contributed by atoms with Crippen LogP contribution in [0, 0.1) is 0 Å². The summed E-state index contributed by atoms with van der Waals surface area (Å²) in [4.78, 5) is 0. The molecule has 0 aromatic rings. The fraction of sp³-hybridized carbons (Fsp3) is 1.00. The van der Waals surface area contributed by atoms with Gasteiger partial charge < -0.3 is 10.1 Å². The molecule has 0 spiro atoms. The van der Waals surface area contributed by atoms with E-state index in [-0.39, 0.29) is 0 Å². The Labute approximate surface area is 109 Å². The first-order valence-electron chi connectivity index (χ1n) is 7.53. The fourth-order valence-electron chi connectivity index (χ4n) is 2.11. The zero-order valence-electron chi connectivity index (χ0n) is 12.4. The van der Waals surface area contributed by atoms with Gasteiger partial charge in [0.2, 0.25) is 0 Å². The summed E-state index contributed by atoms with van der Waals surface area (Å²) in [7, 11) is 2.05. The van der Waals surface area contributed by atoms with Gasteiger partial charge in [-0.3, -0.25) is 0 Å². The Hall–Kier alpha value is -0.0800. The smallest absolute Gasteiger partial charge is 0.0547 e. The van der Waals surface area contributed by atoms with Crippen LogP contribution in [0.1, 0.15) is 72.1 Å². The van der Waals surface area contributed by atoms with Crippen LogP contribution in [0.25, 0.3) is 0 Å². The maximum absolute atomic E-state index is 5.83. The van der Waals surface area contributed by atoms with E-state index in [9.17, 15) is 0 Å². The molecule has 0 aromatic heterocycles. The Balaban J connectivity index is 3.29. The minimum Gasteiger partial charge on any atom is -0.379 e. The van der Waals surface area contributed by atoms with Gasteiger partial charge in [0, 0.05) is 12.6 Å². The van der Waals surface area contributed by atoms with Gasteiger partial charge in [0.05, 0.1) is 6.10 Å². The lowest BCUT2D eigenvalue weighted by Gasteiger charge is -2.16. The van der Waals surface area contributed by atoms with Crippen LogP contribution in [-0.4, -0.2) is 25.8 Å².